The maximum atomic E-state index is 12.8. The number of piperidine rings is 1. The molecule has 0 saturated carbocycles. The van der Waals surface area contributed by atoms with Crippen LogP contribution in [-0.2, 0) is 16.8 Å². The van der Waals surface area contributed by atoms with Gasteiger partial charge in [-0.25, -0.2) is 9.67 Å². The highest BCUT2D eigenvalue weighted by atomic mass is 16.5. The minimum Gasteiger partial charge on any atom is -0.382 e. The molecular weight excluding hydrogens is 368 g/mol. The number of carbonyl (C=O) groups excluding carboxylic acids is 1. The van der Waals surface area contributed by atoms with Crippen LogP contribution in [0.4, 0.5) is 5.82 Å². The zero-order valence-electron chi connectivity index (χ0n) is 16.0. The van der Waals surface area contributed by atoms with Gasteiger partial charge in [0.25, 0.3) is 5.91 Å². The molecule has 0 bridgehead atoms. The van der Waals surface area contributed by atoms with Gasteiger partial charge in [-0.1, -0.05) is 18.2 Å². The van der Waals surface area contributed by atoms with Crippen molar-refractivity contribution in [2.24, 2.45) is 0 Å². The van der Waals surface area contributed by atoms with Crippen molar-refractivity contribution in [2.45, 2.75) is 24.9 Å². The van der Waals surface area contributed by atoms with E-state index in [-0.39, 0.29) is 17.4 Å². The first-order chi connectivity index (χ1) is 14.1. The van der Waals surface area contributed by atoms with E-state index in [0.29, 0.717) is 32.5 Å². The lowest BCUT2D eigenvalue weighted by Gasteiger charge is -2.42. The number of nitrogens with zero attached hydrogens (tertiary/aromatic N) is 5. The minimum atomic E-state index is -0.439. The SMILES string of the molecule is Nc1cncc(C(=O)N2CCC3(CC2)OCCc2cn(-c4ccccc4)nc23)n1. The van der Waals surface area contributed by atoms with Crippen LogP contribution in [0.1, 0.15) is 34.6 Å². The number of rotatable bonds is 2. The van der Waals surface area contributed by atoms with Crippen LogP contribution in [0.2, 0.25) is 0 Å². The van der Waals surface area contributed by atoms with Crippen molar-refractivity contribution in [3.63, 3.8) is 0 Å². The number of nitrogen functional groups attached to an aromatic ring is 1. The summed E-state index contributed by atoms with van der Waals surface area (Å²) in [6.07, 6.45) is 7.25. The van der Waals surface area contributed by atoms with Gasteiger partial charge in [-0.3, -0.25) is 9.78 Å². The van der Waals surface area contributed by atoms with Gasteiger partial charge in [0.2, 0.25) is 0 Å². The molecule has 3 aromatic rings. The van der Waals surface area contributed by atoms with Gasteiger partial charge in [-0.2, -0.15) is 5.10 Å². The second kappa shape index (κ2) is 6.97. The quantitative estimate of drug-likeness (QED) is 0.718. The summed E-state index contributed by atoms with van der Waals surface area (Å²) in [4.78, 5) is 22.6. The molecule has 2 aromatic heterocycles. The summed E-state index contributed by atoms with van der Waals surface area (Å²) in [7, 11) is 0. The van der Waals surface area contributed by atoms with Gasteiger partial charge in [-0.15, -0.1) is 0 Å². The van der Waals surface area contributed by atoms with Crippen LogP contribution in [0.3, 0.4) is 0 Å². The first-order valence-electron chi connectivity index (χ1n) is 9.80. The molecule has 1 saturated heterocycles. The standard InChI is InChI=1S/C21H22N6O2/c22-18-13-23-12-17(24-18)20(28)26-9-7-21(8-10-26)19-15(6-11-29-21)14-27(25-19)16-4-2-1-3-5-16/h1-5,12-14H,6-11H2,(H2,22,24). The fraction of sp³-hybridized carbons (Fsp3) is 0.333. The molecule has 0 radical (unpaired) electrons. The lowest BCUT2D eigenvalue weighted by atomic mass is 9.83. The average Bonchev–Trinajstić information content (AvgIpc) is 3.21. The van der Waals surface area contributed by atoms with Crippen LogP contribution in [0, 0.1) is 0 Å². The zero-order valence-corrected chi connectivity index (χ0v) is 16.0. The van der Waals surface area contributed by atoms with Gasteiger partial charge < -0.3 is 15.4 Å². The number of carbonyl (C=O) groups is 1. The second-order valence-electron chi connectivity index (χ2n) is 7.50. The summed E-state index contributed by atoms with van der Waals surface area (Å²) in [5.74, 6) is 0.0986. The molecule has 4 heterocycles. The Labute approximate surface area is 168 Å². The molecule has 2 N–H and O–H groups in total. The van der Waals surface area contributed by atoms with Gasteiger partial charge in [0.15, 0.2) is 0 Å². The largest absolute Gasteiger partial charge is 0.382 e. The number of amides is 1. The van der Waals surface area contributed by atoms with E-state index >= 15 is 0 Å². The predicted molar refractivity (Wildman–Crippen MR) is 106 cm³/mol. The number of fused-ring (bicyclic) bond motifs is 2. The molecule has 8 heteroatoms. The van der Waals surface area contributed by atoms with E-state index in [2.05, 4.69) is 16.2 Å². The molecule has 0 aliphatic carbocycles. The second-order valence-corrected chi connectivity index (χ2v) is 7.50. The number of hydrogen-bond acceptors (Lipinski definition) is 6. The molecule has 0 unspecified atom stereocenters. The van der Waals surface area contributed by atoms with E-state index in [0.717, 1.165) is 17.8 Å². The highest BCUT2D eigenvalue weighted by Gasteiger charge is 2.44. The number of benzene rings is 1. The molecule has 1 spiro atoms. The fourth-order valence-corrected chi connectivity index (χ4v) is 4.21. The van der Waals surface area contributed by atoms with E-state index in [1.807, 2.05) is 35.0 Å². The molecular formula is C21H22N6O2. The van der Waals surface area contributed by atoms with Crippen molar-refractivity contribution in [2.75, 3.05) is 25.4 Å². The van der Waals surface area contributed by atoms with Gasteiger partial charge in [0.05, 0.1) is 30.4 Å². The summed E-state index contributed by atoms with van der Waals surface area (Å²) in [6, 6.07) is 10.1. The first kappa shape index (κ1) is 17.8. The molecule has 1 fully saturated rings. The number of ether oxygens (including phenoxy) is 1. The summed E-state index contributed by atoms with van der Waals surface area (Å²) in [5.41, 5.74) is 8.76. The van der Waals surface area contributed by atoms with Crippen molar-refractivity contribution in [3.8, 4) is 5.69 Å². The summed E-state index contributed by atoms with van der Waals surface area (Å²) >= 11 is 0. The van der Waals surface area contributed by atoms with Crippen LogP contribution in [-0.4, -0.2) is 50.3 Å². The molecule has 29 heavy (non-hydrogen) atoms. The minimum absolute atomic E-state index is 0.148. The van der Waals surface area contributed by atoms with Crippen molar-refractivity contribution in [1.29, 1.82) is 0 Å². The maximum absolute atomic E-state index is 12.8. The fourth-order valence-electron chi connectivity index (χ4n) is 4.21. The number of likely N-dealkylation sites (tertiary alicyclic amines) is 1. The molecule has 1 aromatic carbocycles. The third kappa shape index (κ3) is 3.15. The topological polar surface area (TPSA) is 99.2 Å². The van der Waals surface area contributed by atoms with Crippen LogP contribution in [0.25, 0.3) is 5.69 Å². The van der Waals surface area contributed by atoms with E-state index < -0.39 is 5.60 Å². The Morgan fingerprint density at radius 3 is 2.69 bits per heavy atom. The number of anilines is 1. The molecule has 8 nitrogen and oxygen atoms in total. The van der Waals surface area contributed by atoms with Crippen LogP contribution < -0.4 is 5.73 Å². The molecule has 1 amide bonds. The lowest BCUT2D eigenvalue weighted by Crippen LogP contribution is -2.48. The third-order valence-electron chi connectivity index (χ3n) is 5.72. The first-order valence-corrected chi connectivity index (χ1v) is 9.80. The van der Waals surface area contributed by atoms with Crippen LogP contribution in [0.5, 0.6) is 0 Å². The molecule has 148 valence electrons. The zero-order chi connectivity index (χ0) is 19.8. The van der Waals surface area contributed by atoms with Crippen molar-refractivity contribution < 1.29 is 9.53 Å². The van der Waals surface area contributed by atoms with Gasteiger partial charge in [0, 0.05) is 19.3 Å². The van der Waals surface area contributed by atoms with Crippen molar-refractivity contribution in [1.82, 2.24) is 24.6 Å². The Bertz CT molecular complexity index is 1040. The van der Waals surface area contributed by atoms with Crippen molar-refractivity contribution >= 4 is 11.7 Å². The Kier molecular flexibility index (Phi) is 4.28. The molecule has 2 aliphatic heterocycles. The van der Waals surface area contributed by atoms with Crippen LogP contribution in [0.15, 0.2) is 48.9 Å². The maximum Gasteiger partial charge on any atom is 0.274 e. The predicted octanol–water partition coefficient (Wildman–Crippen LogP) is 1.95. The number of para-hydroxylation sites is 1. The summed E-state index contributed by atoms with van der Waals surface area (Å²) in [5, 5.41) is 4.89. The van der Waals surface area contributed by atoms with Crippen molar-refractivity contribution in [3.05, 3.63) is 65.9 Å². The average molecular weight is 390 g/mol. The monoisotopic (exact) mass is 390 g/mol. The molecule has 5 rings (SSSR count). The Morgan fingerprint density at radius 2 is 1.93 bits per heavy atom. The van der Waals surface area contributed by atoms with Gasteiger partial charge in [0.1, 0.15) is 17.1 Å². The lowest BCUT2D eigenvalue weighted by molar-refractivity contribution is -0.0963. The Balaban J connectivity index is 1.38. The highest BCUT2D eigenvalue weighted by Crippen LogP contribution is 2.41. The van der Waals surface area contributed by atoms with E-state index in [1.165, 1.54) is 18.0 Å². The number of hydrogen-bond donors (Lipinski definition) is 1. The van der Waals surface area contributed by atoms with Gasteiger partial charge in [-0.05, 0) is 37.0 Å². The normalized spacial score (nSPS) is 17.9. The molecule has 0 atom stereocenters. The van der Waals surface area contributed by atoms with Gasteiger partial charge >= 0.3 is 0 Å². The Hall–Kier alpha value is -3.26. The Morgan fingerprint density at radius 1 is 1.14 bits per heavy atom. The van der Waals surface area contributed by atoms with E-state index in [9.17, 15) is 4.79 Å². The van der Waals surface area contributed by atoms with E-state index in [4.69, 9.17) is 15.6 Å². The number of aromatic nitrogens is 4. The smallest absolute Gasteiger partial charge is 0.274 e. The summed E-state index contributed by atoms with van der Waals surface area (Å²) in [6.45, 7) is 1.82. The molecule has 2 aliphatic rings. The van der Waals surface area contributed by atoms with E-state index in [1.54, 1.807) is 4.90 Å². The van der Waals surface area contributed by atoms with Crippen LogP contribution >= 0.6 is 0 Å². The summed E-state index contributed by atoms with van der Waals surface area (Å²) < 4.78 is 8.20. The third-order valence-corrected chi connectivity index (χ3v) is 5.72. The highest BCUT2D eigenvalue weighted by molar-refractivity contribution is 5.92. The number of nitrogens with two attached hydrogens (primary N) is 1.